The summed E-state index contributed by atoms with van der Waals surface area (Å²) in [5.41, 5.74) is 5.31. The van der Waals surface area contributed by atoms with Gasteiger partial charge in [0, 0.05) is 18.6 Å². The molecule has 4 nitrogen and oxygen atoms in total. The number of amides is 1. The summed E-state index contributed by atoms with van der Waals surface area (Å²) in [6, 6.07) is 0.888. The van der Waals surface area contributed by atoms with Gasteiger partial charge in [-0.15, -0.1) is 0 Å². The first-order valence-electron chi connectivity index (χ1n) is 8.73. The third kappa shape index (κ3) is 4.19. The van der Waals surface area contributed by atoms with Crippen LogP contribution in [0.3, 0.4) is 0 Å². The van der Waals surface area contributed by atoms with Gasteiger partial charge in [0.15, 0.2) is 0 Å². The van der Waals surface area contributed by atoms with E-state index in [0.717, 1.165) is 19.4 Å². The predicted molar refractivity (Wildman–Crippen MR) is 87.0 cm³/mol. The lowest BCUT2D eigenvalue weighted by Crippen LogP contribution is -2.65. The number of carbonyl (C=O) groups excluding carboxylic acids is 1. The molecule has 0 heterocycles. The maximum absolute atomic E-state index is 12.3. The molecule has 2 aliphatic rings. The van der Waals surface area contributed by atoms with E-state index in [1.165, 1.54) is 38.5 Å². The van der Waals surface area contributed by atoms with Crippen molar-refractivity contribution in [3.05, 3.63) is 0 Å². The number of nitrogens with one attached hydrogen (secondary N) is 1. The second-order valence-electron chi connectivity index (χ2n) is 7.47. The summed E-state index contributed by atoms with van der Waals surface area (Å²) in [7, 11) is 2.18. The molecule has 2 aliphatic carbocycles. The topological polar surface area (TPSA) is 58.4 Å². The molecule has 0 bridgehead atoms. The van der Waals surface area contributed by atoms with Crippen LogP contribution in [0.4, 0.5) is 0 Å². The van der Waals surface area contributed by atoms with Gasteiger partial charge in [-0.2, -0.15) is 0 Å². The SMILES string of the molecule is CC(C)NC(CN(C)C1CCCCCC1)(C(N)=O)C1CC1. The maximum atomic E-state index is 12.3. The van der Waals surface area contributed by atoms with Gasteiger partial charge in [0.1, 0.15) is 5.54 Å². The van der Waals surface area contributed by atoms with Gasteiger partial charge in [-0.3, -0.25) is 10.1 Å². The summed E-state index contributed by atoms with van der Waals surface area (Å²) < 4.78 is 0. The molecular formula is C17H33N3O. The molecule has 4 heteroatoms. The van der Waals surface area contributed by atoms with Crippen molar-refractivity contribution in [1.29, 1.82) is 0 Å². The molecule has 1 unspecified atom stereocenters. The van der Waals surface area contributed by atoms with Gasteiger partial charge in [-0.05, 0) is 52.5 Å². The van der Waals surface area contributed by atoms with Crippen LogP contribution in [0, 0.1) is 5.92 Å². The molecule has 2 rings (SSSR count). The molecule has 0 aliphatic heterocycles. The number of nitrogens with zero attached hydrogens (tertiary/aromatic N) is 1. The lowest BCUT2D eigenvalue weighted by Gasteiger charge is -2.40. The van der Waals surface area contributed by atoms with Crippen LogP contribution in [-0.2, 0) is 4.79 Å². The number of rotatable bonds is 7. The van der Waals surface area contributed by atoms with Crippen LogP contribution in [0.15, 0.2) is 0 Å². The number of likely N-dealkylation sites (N-methyl/N-ethyl adjacent to an activating group) is 1. The molecule has 2 fully saturated rings. The standard InChI is InChI=1S/C17H33N3O/c1-13(2)19-17(16(18)21,14-10-11-14)12-20(3)15-8-6-4-5-7-9-15/h13-15,19H,4-12H2,1-3H3,(H2,18,21). The normalized spacial score (nSPS) is 24.0. The Morgan fingerprint density at radius 2 is 1.76 bits per heavy atom. The Balaban J connectivity index is 2.07. The van der Waals surface area contributed by atoms with Crippen molar-refractivity contribution in [1.82, 2.24) is 10.2 Å². The first kappa shape index (κ1) is 16.8. The van der Waals surface area contributed by atoms with Crippen LogP contribution in [0.25, 0.3) is 0 Å². The Morgan fingerprint density at radius 1 is 1.19 bits per heavy atom. The number of hydrogen-bond donors (Lipinski definition) is 2. The zero-order valence-corrected chi connectivity index (χ0v) is 14.0. The van der Waals surface area contributed by atoms with Gasteiger partial charge >= 0.3 is 0 Å². The van der Waals surface area contributed by atoms with Crippen molar-refractivity contribution in [2.24, 2.45) is 11.7 Å². The Bertz CT molecular complexity index is 346. The molecule has 2 saturated carbocycles. The van der Waals surface area contributed by atoms with E-state index in [-0.39, 0.29) is 11.9 Å². The molecule has 0 aromatic rings. The third-order valence-electron chi connectivity index (χ3n) is 5.21. The summed E-state index contributed by atoms with van der Waals surface area (Å²) in [5.74, 6) is 0.254. The van der Waals surface area contributed by atoms with E-state index in [9.17, 15) is 4.79 Å². The molecule has 0 aromatic heterocycles. The van der Waals surface area contributed by atoms with Crippen LogP contribution in [0.5, 0.6) is 0 Å². The van der Waals surface area contributed by atoms with E-state index >= 15 is 0 Å². The van der Waals surface area contributed by atoms with Gasteiger partial charge in [-0.25, -0.2) is 0 Å². The fourth-order valence-corrected chi connectivity index (χ4v) is 3.96. The molecule has 3 N–H and O–H groups in total. The smallest absolute Gasteiger partial charge is 0.239 e. The van der Waals surface area contributed by atoms with Crippen LogP contribution < -0.4 is 11.1 Å². The molecule has 1 amide bonds. The number of primary amides is 1. The maximum Gasteiger partial charge on any atom is 0.239 e. The zero-order chi connectivity index (χ0) is 15.5. The summed E-state index contributed by atoms with van der Waals surface area (Å²) in [6.07, 6.45) is 10.1. The summed E-state index contributed by atoms with van der Waals surface area (Å²) in [5, 5.41) is 3.52. The Hall–Kier alpha value is -0.610. The monoisotopic (exact) mass is 295 g/mol. The first-order valence-corrected chi connectivity index (χ1v) is 8.73. The van der Waals surface area contributed by atoms with Crippen LogP contribution >= 0.6 is 0 Å². The zero-order valence-electron chi connectivity index (χ0n) is 14.0. The van der Waals surface area contributed by atoms with E-state index < -0.39 is 5.54 Å². The van der Waals surface area contributed by atoms with E-state index in [1.54, 1.807) is 0 Å². The highest BCUT2D eigenvalue weighted by Gasteiger charge is 2.50. The lowest BCUT2D eigenvalue weighted by atomic mass is 9.89. The molecule has 1 atom stereocenters. The van der Waals surface area contributed by atoms with Gasteiger partial charge in [0.25, 0.3) is 0 Å². The fraction of sp³-hybridized carbons (Fsp3) is 0.941. The van der Waals surface area contributed by atoms with Gasteiger partial charge in [0.05, 0.1) is 0 Å². The first-order chi connectivity index (χ1) is 9.95. The fourth-order valence-electron chi connectivity index (χ4n) is 3.96. The second kappa shape index (κ2) is 7.10. The van der Waals surface area contributed by atoms with Gasteiger partial charge < -0.3 is 10.6 Å². The highest BCUT2D eigenvalue weighted by molar-refractivity contribution is 5.86. The minimum absolute atomic E-state index is 0.167. The number of nitrogens with two attached hydrogens (primary N) is 1. The summed E-state index contributed by atoms with van der Waals surface area (Å²) in [4.78, 5) is 14.7. The Labute approximate surface area is 129 Å². The van der Waals surface area contributed by atoms with E-state index in [4.69, 9.17) is 5.73 Å². The average molecular weight is 295 g/mol. The molecule has 0 aromatic carbocycles. The number of carbonyl (C=O) groups is 1. The molecule has 21 heavy (non-hydrogen) atoms. The molecule has 0 spiro atoms. The molecule has 0 saturated heterocycles. The Kier molecular flexibility index (Phi) is 5.67. The van der Waals surface area contributed by atoms with Gasteiger partial charge in [0.2, 0.25) is 5.91 Å². The van der Waals surface area contributed by atoms with Crippen molar-refractivity contribution < 1.29 is 4.79 Å². The van der Waals surface area contributed by atoms with Crippen LogP contribution in [-0.4, -0.2) is 42.0 Å². The van der Waals surface area contributed by atoms with Crippen LogP contribution in [0.1, 0.15) is 65.2 Å². The minimum Gasteiger partial charge on any atom is -0.368 e. The molecule has 122 valence electrons. The van der Waals surface area contributed by atoms with Crippen molar-refractivity contribution in [3.8, 4) is 0 Å². The number of hydrogen-bond acceptors (Lipinski definition) is 3. The molecule has 0 radical (unpaired) electrons. The third-order valence-corrected chi connectivity index (χ3v) is 5.21. The van der Waals surface area contributed by atoms with E-state index in [2.05, 4.69) is 31.1 Å². The Morgan fingerprint density at radius 3 is 2.19 bits per heavy atom. The van der Waals surface area contributed by atoms with Crippen molar-refractivity contribution in [3.63, 3.8) is 0 Å². The van der Waals surface area contributed by atoms with E-state index in [1.807, 2.05) is 0 Å². The average Bonchev–Trinajstić information content (AvgIpc) is 3.24. The highest BCUT2D eigenvalue weighted by Crippen LogP contribution is 2.41. The van der Waals surface area contributed by atoms with E-state index in [0.29, 0.717) is 12.0 Å². The summed E-state index contributed by atoms with van der Waals surface area (Å²) in [6.45, 7) is 4.97. The van der Waals surface area contributed by atoms with Crippen molar-refractivity contribution in [2.75, 3.05) is 13.6 Å². The minimum atomic E-state index is -0.533. The summed E-state index contributed by atoms with van der Waals surface area (Å²) >= 11 is 0. The van der Waals surface area contributed by atoms with Crippen molar-refractivity contribution in [2.45, 2.75) is 82.8 Å². The van der Waals surface area contributed by atoms with Crippen LogP contribution in [0.2, 0.25) is 0 Å². The lowest BCUT2D eigenvalue weighted by molar-refractivity contribution is -0.126. The quantitative estimate of drug-likeness (QED) is 0.708. The highest BCUT2D eigenvalue weighted by atomic mass is 16.1. The molecular weight excluding hydrogens is 262 g/mol. The second-order valence-corrected chi connectivity index (χ2v) is 7.47. The van der Waals surface area contributed by atoms with Gasteiger partial charge in [-0.1, -0.05) is 25.7 Å². The predicted octanol–water partition coefficient (Wildman–Crippen LogP) is 2.27. The largest absolute Gasteiger partial charge is 0.368 e. The van der Waals surface area contributed by atoms with Crippen molar-refractivity contribution >= 4 is 5.91 Å².